The highest BCUT2D eigenvalue weighted by molar-refractivity contribution is 6.44. The maximum absolute atomic E-state index is 12.4. The number of nitrogens with zero attached hydrogens (tertiary/aromatic N) is 1. The second kappa shape index (κ2) is 7.15. The summed E-state index contributed by atoms with van der Waals surface area (Å²) >= 11 is 12.1. The van der Waals surface area contributed by atoms with E-state index in [4.69, 9.17) is 23.2 Å². The fraction of sp³-hybridized carbons (Fsp3) is 0.625. The molecule has 0 bridgehead atoms. The lowest BCUT2D eigenvalue weighted by Crippen LogP contribution is -2.63. The van der Waals surface area contributed by atoms with Crippen molar-refractivity contribution in [2.45, 2.75) is 44.3 Å². The number of H-pyrrole nitrogens is 1. The topological polar surface area (TPSA) is 97.5 Å². The molecule has 0 unspecified atom stereocenters. The molecule has 9 heteroatoms. The molecule has 0 radical (unpaired) electrons. The third kappa shape index (κ3) is 3.38. The average molecular weight is 389 g/mol. The van der Waals surface area contributed by atoms with Crippen LogP contribution in [0.4, 0.5) is 0 Å². The molecule has 1 amide bonds. The Morgan fingerprint density at radius 3 is 2.44 bits per heavy atom. The summed E-state index contributed by atoms with van der Waals surface area (Å²) in [5, 5.41) is 16.3. The van der Waals surface area contributed by atoms with Crippen molar-refractivity contribution in [1.29, 1.82) is 0 Å². The summed E-state index contributed by atoms with van der Waals surface area (Å²) in [6.07, 6.45) is 2.84. The van der Waals surface area contributed by atoms with Crippen molar-refractivity contribution in [3.05, 3.63) is 21.4 Å². The van der Waals surface area contributed by atoms with Gasteiger partial charge in [0.25, 0.3) is 5.91 Å². The summed E-state index contributed by atoms with van der Waals surface area (Å²) in [4.78, 5) is 29.0. The van der Waals surface area contributed by atoms with E-state index in [2.05, 4.69) is 15.6 Å². The van der Waals surface area contributed by atoms with E-state index in [-0.39, 0.29) is 22.7 Å². The number of carboxylic acid groups (broad SMARTS) is 1. The minimum absolute atomic E-state index is 0.0190. The van der Waals surface area contributed by atoms with Crippen LogP contribution >= 0.6 is 23.2 Å². The first kappa shape index (κ1) is 18.5. The molecular formula is C16H22Cl2N4O3. The number of likely N-dealkylation sites (tertiary alicyclic amines) is 1. The molecule has 4 N–H and O–H groups in total. The molecule has 2 fully saturated rings. The standard InChI is InChI=1S/C16H22Cl2N4O3/c1-9-11(17)12(18)13(20-9)14(23)21-10-3-7-22(8-4-10)16(15(24)25)5-2-6-19-16/h10,19-20H,2-8H2,1H3,(H,21,23)(H,24,25)/t16-/m1/s1. The van der Waals surface area contributed by atoms with Gasteiger partial charge in [-0.15, -0.1) is 0 Å². The van der Waals surface area contributed by atoms with Crippen LogP contribution in [0, 0.1) is 6.92 Å². The molecule has 1 atom stereocenters. The first-order valence-corrected chi connectivity index (χ1v) is 9.18. The number of aromatic nitrogens is 1. The van der Waals surface area contributed by atoms with E-state index in [0.29, 0.717) is 49.6 Å². The van der Waals surface area contributed by atoms with Crippen LogP contribution in [-0.4, -0.2) is 58.2 Å². The fourth-order valence-corrected chi connectivity index (χ4v) is 4.12. The number of aryl methyl sites for hydroxylation is 1. The van der Waals surface area contributed by atoms with E-state index in [9.17, 15) is 14.7 Å². The summed E-state index contributed by atoms with van der Waals surface area (Å²) in [5.41, 5.74) is -0.0315. The van der Waals surface area contributed by atoms with Gasteiger partial charge in [-0.05, 0) is 39.2 Å². The minimum Gasteiger partial charge on any atom is -0.479 e. The molecule has 0 saturated carbocycles. The SMILES string of the molecule is Cc1[nH]c(C(=O)NC2CCN([C@@]3(C(=O)O)CCCN3)CC2)c(Cl)c1Cl. The van der Waals surface area contributed by atoms with Gasteiger partial charge in [0, 0.05) is 24.8 Å². The Bertz CT molecular complexity index is 677. The van der Waals surface area contributed by atoms with Crippen LogP contribution in [0.15, 0.2) is 0 Å². The van der Waals surface area contributed by atoms with Gasteiger partial charge in [-0.1, -0.05) is 23.2 Å². The number of hydrogen-bond acceptors (Lipinski definition) is 4. The van der Waals surface area contributed by atoms with Crippen LogP contribution in [0.1, 0.15) is 41.9 Å². The normalized spacial score (nSPS) is 25.2. The third-order valence-electron chi connectivity index (χ3n) is 5.14. The lowest BCUT2D eigenvalue weighted by Gasteiger charge is -2.42. The van der Waals surface area contributed by atoms with E-state index < -0.39 is 11.6 Å². The predicted octanol–water partition coefficient (Wildman–Crippen LogP) is 1.99. The zero-order valence-corrected chi connectivity index (χ0v) is 15.5. The maximum Gasteiger partial charge on any atom is 0.339 e. The highest BCUT2D eigenvalue weighted by atomic mass is 35.5. The summed E-state index contributed by atoms with van der Waals surface area (Å²) in [7, 11) is 0. The van der Waals surface area contributed by atoms with E-state index in [0.717, 1.165) is 6.42 Å². The molecule has 0 spiro atoms. The Balaban J connectivity index is 1.60. The van der Waals surface area contributed by atoms with Gasteiger partial charge in [0.05, 0.1) is 10.0 Å². The molecule has 2 aliphatic rings. The second-order valence-electron chi connectivity index (χ2n) is 6.68. The zero-order chi connectivity index (χ0) is 18.2. The van der Waals surface area contributed by atoms with Crippen LogP contribution in [0.2, 0.25) is 10.0 Å². The smallest absolute Gasteiger partial charge is 0.339 e. The summed E-state index contributed by atoms with van der Waals surface area (Å²) in [6, 6.07) is -0.0190. The molecule has 3 heterocycles. The highest BCUT2D eigenvalue weighted by Gasteiger charge is 2.47. The molecule has 2 aliphatic heterocycles. The van der Waals surface area contributed by atoms with Crippen molar-refractivity contribution in [3.8, 4) is 0 Å². The molecule has 138 valence electrons. The number of nitrogens with one attached hydrogen (secondary N) is 3. The first-order chi connectivity index (χ1) is 11.8. The van der Waals surface area contributed by atoms with Crippen molar-refractivity contribution >= 4 is 35.1 Å². The van der Waals surface area contributed by atoms with Crippen LogP contribution in [0.25, 0.3) is 0 Å². The molecule has 1 aromatic rings. The molecule has 0 aliphatic carbocycles. The van der Waals surface area contributed by atoms with Gasteiger partial charge >= 0.3 is 5.97 Å². The van der Waals surface area contributed by atoms with Crippen molar-refractivity contribution in [1.82, 2.24) is 20.5 Å². The van der Waals surface area contributed by atoms with Gasteiger partial charge in [0.2, 0.25) is 0 Å². The second-order valence-corrected chi connectivity index (χ2v) is 7.44. The Morgan fingerprint density at radius 1 is 1.28 bits per heavy atom. The summed E-state index contributed by atoms with van der Waals surface area (Å²) in [5.74, 6) is -1.11. The van der Waals surface area contributed by atoms with Crippen molar-refractivity contribution in [2.24, 2.45) is 0 Å². The number of rotatable bonds is 4. The van der Waals surface area contributed by atoms with Gasteiger partial charge in [0.1, 0.15) is 5.69 Å². The fourth-order valence-electron chi connectivity index (χ4n) is 3.71. The molecule has 7 nitrogen and oxygen atoms in total. The van der Waals surface area contributed by atoms with E-state index in [1.54, 1.807) is 6.92 Å². The molecule has 1 aromatic heterocycles. The number of halogens is 2. The Labute approximate surface area is 156 Å². The predicted molar refractivity (Wildman–Crippen MR) is 95.2 cm³/mol. The quantitative estimate of drug-likeness (QED) is 0.632. The monoisotopic (exact) mass is 388 g/mol. The molecule has 0 aromatic carbocycles. The average Bonchev–Trinajstić information content (AvgIpc) is 3.18. The van der Waals surface area contributed by atoms with Gasteiger partial charge in [-0.2, -0.15) is 0 Å². The van der Waals surface area contributed by atoms with Crippen LogP contribution in [0.5, 0.6) is 0 Å². The highest BCUT2D eigenvalue weighted by Crippen LogP contribution is 2.30. The van der Waals surface area contributed by atoms with Gasteiger partial charge < -0.3 is 15.4 Å². The van der Waals surface area contributed by atoms with E-state index in [1.165, 1.54) is 0 Å². The lowest BCUT2D eigenvalue weighted by molar-refractivity contribution is -0.154. The number of carbonyl (C=O) groups is 2. The maximum atomic E-state index is 12.4. The van der Waals surface area contributed by atoms with Gasteiger partial charge in [-0.3, -0.25) is 15.0 Å². The summed E-state index contributed by atoms with van der Waals surface area (Å²) in [6.45, 7) is 3.70. The number of piperidine rings is 1. The van der Waals surface area contributed by atoms with Gasteiger partial charge in [-0.25, -0.2) is 4.79 Å². The number of amides is 1. The van der Waals surface area contributed by atoms with Crippen LogP contribution in [0.3, 0.4) is 0 Å². The zero-order valence-electron chi connectivity index (χ0n) is 14.0. The van der Waals surface area contributed by atoms with Crippen LogP contribution in [-0.2, 0) is 4.79 Å². The van der Waals surface area contributed by atoms with Crippen molar-refractivity contribution < 1.29 is 14.7 Å². The van der Waals surface area contributed by atoms with E-state index >= 15 is 0 Å². The van der Waals surface area contributed by atoms with Crippen molar-refractivity contribution in [2.75, 3.05) is 19.6 Å². The Kier molecular flexibility index (Phi) is 5.29. The summed E-state index contributed by atoms with van der Waals surface area (Å²) < 4.78 is 0. The van der Waals surface area contributed by atoms with E-state index in [1.807, 2.05) is 4.90 Å². The largest absolute Gasteiger partial charge is 0.479 e. The third-order valence-corrected chi connectivity index (χ3v) is 6.08. The first-order valence-electron chi connectivity index (χ1n) is 8.43. The van der Waals surface area contributed by atoms with Crippen molar-refractivity contribution in [3.63, 3.8) is 0 Å². The number of hydrogen-bond donors (Lipinski definition) is 4. The number of carbonyl (C=O) groups excluding carboxylic acids is 1. The Morgan fingerprint density at radius 2 is 1.96 bits per heavy atom. The lowest BCUT2D eigenvalue weighted by atomic mass is 9.98. The number of aliphatic carboxylic acids is 1. The Hall–Kier alpha value is -1.28. The molecular weight excluding hydrogens is 367 g/mol. The number of carboxylic acids is 1. The minimum atomic E-state index is -0.956. The van der Waals surface area contributed by atoms with Crippen LogP contribution < -0.4 is 10.6 Å². The molecule has 2 saturated heterocycles. The molecule has 25 heavy (non-hydrogen) atoms. The molecule has 3 rings (SSSR count). The number of aromatic amines is 1. The van der Waals surface area contributed by atoms with Gasteiger partial charge in [0.15, 0.2) is 5.66 Å².